The van der Waals surface area contributed by atoms with E-state index in [1.807, 2.05) is 19.2 Å². The van der Waals surface area contributed by atoms with Crippen molar-refractivity contribution in [2.75, 3.05) is 18.9 Å². The predicted octanol–water partition coefficient (Wildman–Crippen LogP) is 2.96. The topological polar surface area (TPSA) is 33.5 Å². The molecule has 2 N–H and O–H groups in total. The fourth-order valence-electron chi connectivity index (χ4n) is 1.86. The van der Waals surface area contributed by atoms with Crippen LogP contribution >= 0.6 is 38.9 Å². The molecule has 0 radical (unpaired) electrons. The van der Waals surface area contributed by atoms with Crippen molar-refractivity contribution >= 4 is 50.5 Å². The molecule has 2 aromatic rings. The molecule has 0 saturated heterocycles. The predicted molar refractivity (Wildman–Crippen MR) is 87.5 cm³/mol. The number of quaternary nitrogens is 1. The van der Waals surface area contributed by atoms with Gasteiger partial charge in [-0.1, -0.05) is 11.6 Å². The minimum Gasteiger partial charge on any atom is -0.325 e. The minimum atomic E-state index is -0.499. The number of rotatable bonds is 5. The highest BCUT2D eigenvalue weighted by Gasteiger charge is 2.12. The van der Waals surface area contributed by atoms with Crippen LogP contribution < -0.4 is 10.2 Å². The number of anilines is 1. The normalized spacial score (nSPS) is 12.2. The summed E-state index contributed by atoms with van der Waals surface area (Å²) in [6.07, 6.45) is 0. The van der Waals surface area contributed by atoms with Gasteiger partial charge in [-0.3, -0.25) is 4.79 Å². The summed E-state index contributed by atoms with van der Waals surface area (Å²) in [5.41, 5.74) is 0.498. The van der Waals surface area contributed by atoms with Gasteiger partial charge in [-0.25, -0.2) is 4.39 Å². The number of carbonyl (C=O) groups is 1. The minimum absolute atomic E-state index is 0.00284. The molecule has 0 aliphatic carbocycles. The summed E-state index contributed by atoms with van der Waals surface area (Å²) in [6, 6.07) is 8.16. The van der Waals surface area contributed by atoms with Crippen LogP contribution in [0.5, 0.6) is 0 Å². The Balaban J connectivity index is 1.87. The molecule has 1 aromatic heterocycles. The van der Waals surface area contributed by atoms with Crippen LogP contribution in [0.4, 0.5) is 10.1 Å². The standard InChI is InChI=1S/C14H13BrClFN2OS/c1-19(7-10-3-5-13(15)21-10)8-14(20)18-9-2-4-12(17)11(16)6-9/h2-6H,7-8H2,1H3,(H,18,20)/p+1. The maximum Gasteiger partial charge on any atom is 0.279 e. The van der Waals surface area contributed by atoms with Gasteiger partial charge in [0.15, 0.2) is 6.54 Å². The Morgan fingerprint density at radius 3 is 2.81 bits per heavy atom. The number of amides is 1. The van der Waals surface area contributed by atoms with Crippen molar-refractivity contribution in [2.45, 2.75) is 6.54 Å². The Labute approximate surface area is 139 Å². The molecule has 112 valence electrons. The van der Waals surface area contributed by atoms with Crippen molar-refractivity contribution in [3.63, 3.8) is 0 Å². The van der Waals surface area contributed by atoms with E-state index in [2.05, 4.69) is 21.2 Å². The lowest BCUT2D eigenvalue weighted by Gasteiger charge is -2.13. The average molecular weight is 393 g/mol. The molecular formula is C14H14BrClFN2OS+. The van der Waals surface area contributed by atoms with Crippen LogP contribution in [0.1, 0.15) is 4.88 Å². The van der Waals surface area contributed by atoms with Crippen molar-refractivity contribution in [1.29, 1.82) is 0 Å². The van der Waals surface area contributed by atoms with E-state index in [0.29, 0.717) is 12.2 Å². The lowest BCUT2D eigenvalue weighted by atomic mass is 10.3. The highest BCUT2D eigenvalue weighted by Crippen LogP contribution is 2.21. The first-order valence-electron chi connectivity index (χ1n) is 6.24. The zero-order chi connectivity index (χ0) is 15.4. The fraction of sp³-hybridized carbons (Fsp3) is 0.214. The summed E-state index contributed by atoms with van der Waals surface area (Å²) >= 11 is 10.8. The van der Waals surface area contributed by atoms with Crippen LogP contribution in [0.2, 0.25) is 5.02 Å². The molecule has 1 heterocycles. The quantitative estimate of drug-likeness (QED) is 0.806. The Morgan fingerprint density at radius 2 is 2.19 bits per heavy atom. The first-order chi connectivity index (χ1) is 9.94. The van der Waals surface area contributed by atoms with Gasteiger partial charge >= 0.3 is 0 Å². The van der Waals surface area contributed by atoms with Gasteiger partial charge in [0.25, 0.3) is 5.91 Å². The Kier molecular flexibility index (Phi) is 5.75. The third kappa shape index (κ3) is 5.07. The number of thiophene rings is 1. The summed E-state index contributed by atoms with van der Waals surface area (Å²) in [7, 11) is 1.95. The molecule has 0 saturated carbocycles. The summed E-state index contributed by atoms with van der Waals surface area (Å²) < 4.78 is 14.1. The second-order valence-electron chi connectivity index (χ2n) is 4.69. The van der Waals surface area contributed by atoms with E-state index in [-0.39, 0.29) is 10.9 Å². The molecule has 21 heavy (non-hydrogen) atoms. The van der Waals surface area contributed by atoms with Crippen LogP contribution in [0.25, 0.3) is 0 Å². The lowest BCUT2D eigenvalue weighted by molar-refractivity contribution is -0.884. The third-order valence-electron chi connectivity index (χ3n) is 2.77. The first kappa shape index (κ1) is 16.4. The highest BCUT2D eigenvalue weighted by molar-refractivity contribution is 9.11. The molecule has 7 heteroatoms. The second kappa shape index (κ2) is 7.35. The Morgan fingerprint density at radius 1 is 1.43 bits per heavy atom. The monoisotopic (exact) mass is 391 g/mol. The summed E-state index contributed by atoms with van der Waals surface area (Å²) in [5.74, 6) is -0.633. The summed E-state index contributed by atoms with van der Waals surface area (Å²) in [5, 5.41) is 2.71. The Bertz CT molecular complexity index is 650. The van der Waals surface area contributed by atoms with Crippen molar-refractivity contribution < 1.29 is 14.1 Å². The molecule has 0 aliphatic heterocycles. The van der Waals surface area contributed by atoms with Crippen LogP contribution in [0.3, 0.4) is 0 Å². The van der Waals surface area contributed by atoms with Crippen molar-refractivity contribution in [2.24, 2.45) is 0 Å². The van der Waals surface area contributed by atoms with Crippen molar-refractivity contribution in [3.05, 3.63) is 49.8 Å². The molecular weight excluding hydrogens is 379 g/mol. The van der Waals surface area contributed by atoms with Crippen LogP contribution in [-0.2, 0) is 11.3 Å². The summed E-state index contributed by atoms with van der Waals surface area (Å²) in [4.78, 5) is 14.2. The first-order valence-corrected chi connectivity index (χ1v) is 8.23. The molecule has 0 fully saturated rings. The number of hydrogen-bond donors (Lipinski definition) is 2. The van der Waals surface area contributed by atoms with E-state index in [1.165, 1.54) is 23.1 Å². The average Bonchev–Trinajstić information content (AvgIpc) is 2.79. The van der Waals surface area contributed by atoms with Gasteiger partial charge < -0.3 is 10.2 Å². The zero-order valence-electron chi connectivity index (χ0n) is 11.3. The van der Waals surface area contributed by atoms with Gasteiger partial charge in [-0.05, 0) is 46.3 Å². The lowest BCUT2D eigenvalue weighted by Crippen LogP contribution is -3.08. The molecule has 0 bridgehead atoms. The maximum atomic E-state index is 13.0. The van der Waals surface area contributed by atoms with Gasteiger partial charge in [0, 0.05) is 5.69 Å². The highest BCUT2D eigenvalue weighted by atomic mass is 79.9. The summed E-state index contributed by atoms with van der Waals surface area (Å²) in [6.45, 7) is 1.10. The van der Waals surface area contributed by atoms with Gasteiger partial charge in [0.2, 0.25) is 0 Å². The SMILES string of the molecule is C[NH+](CC(=O)Nc1ccc(F)c(Cl)c1)Cc1ccc(Br)s1. The third-order valence-corrected chi connectivity index (χ3v) is 4.68. The molecule has 1 aromatic carbocycles. The van der Waals surface area contributed by atoms with Crippen LogP contribution in [0, 0.1) is 5.82 Å². The van der Waals surface area contributed by atoms with Gasteiger partial charge in [-0.15, -0.1) is 11.3 Å². The largest absolute Gasteiger partial charge is 0.325 e. The fourth-order valence-corrected chi connectivity index (χ4v) is 3.64. The van der Waals surface area contributed by atoms with Gasteiger partial charge in [0.05, 0.1) is 20.7 Å². The molecule has 3 nitrogen and oxygen atoms in total. The van der Waals surface area contributed by atoms with E-state index in [1.54, 1.807) is 11.3 Å². The van der Waals surface area contributed by atoms with E-state index in [9.17, 15) is 9.18 Å². The molecule has 1 amide bonds. The second-order valence-corrected chi connectivity index (χ2v) is 7.65. The molecule has 0 aliphatic rings. The number of nitrogens with one attached hydrogen (secondary N) is 2. The number of carbonyl (C=O) groups excluding carboxylic acids is 1. The van der Waals surface area contributed by atoms with E-state index in [0.717, 1.165) is 15.2 Å². The molecule has 0 spiro atoms. The maximum absolute atomic E-state index is 13.0. The van der Waals surface area contributed by atoms with Crippen molar-refractivity contribution in [3.8, 4) is 0 Å². The van der Waals surface area contributed by atoms with Crippen LogP contribution in [0.15, 0.2) is 34.1 Å². The number of halogens is 3. The van der Waals surface area contributed by atoms with E-state index >= 15 is 0 Å². The molecule has 1 unspecified atom stereocenters. The van der Waals surface area contributed by atoms with Gasteiger partial charge in [0.1, 0.15) is 12.4 Å². The molecule has 2 rings (SSSR count). The Hall–Kier alpha value is -0.950. The number of hydrogen-bond acceptors (Lipinski definition) is 2. The van der Waals surface area contributed by atoms with Crippen LogP contribution in [-0.4, -0.2) is 19.5 Å². The van der Waals surface area contributed by atoms with E-state index < -0.39 is 5.82 Å². The number of likely N-dealkylation sites (N-methyl/N-ethyl adjacent to an activating group) is 1. The van der Waals surface area contributed by atoms with Crippen molar-refractivity contribution in [1.82, 2.24) is 0 Å². The number of benzene rings is 1. The van der Waals surface area contributed by atoms with E-state index in [4.69, 9.17) is 11.6 Å². The zero-order valence-corrected chi connectivity index (χ0v) is 14.4. The van der Waals surface area contributed by atoms with Gasteiger partial charge in [-0.2, -0.15) is 0 Å². The smallest absolute Gasteiger partial charge is 0.279 e. The molecule has 1 atom stereocenters.